The molecule has 2 aliphatic heterocycles. The third kappa shape index (κ3) is 1.53. The van der Waals surface area contributed by atoms with Crippen LogP contribution in [0.25, 0.3) is 0 Å². The first-order valence-corrected chi connectivity index (χ1v) is 5.45. The Bertz CT molecular complexity index is 231. The first-order valence-electron chi connectivity index (χ1n) is 5.45. The molecule has 1 amide bonds. The van der Waals surface area contributed by atoms with Crippen LogP contribution in [0.5, 0.6) is 0 Å². The lowest BCUT2D eigenvalue weighted by molar-refractivity contribution is -0.131. The number of nitrogens with zero attached hydrogens (tertiary/aromatic N) is 2. The Kier molecular flexibility index (Phi) is 2.74. The van der Waals surface area contributed by atoms with Crippen LogP contribution in [0.3, 0.4) is 0 Å². The second-order valence-electron chi connectivity index (χ2n) is 4.33. The Morgan fingerprint density at radius 1 is 1.43 bits per heavy atom. The summed E-state index contributed by atoms with van der Waals surface area (Å²) in [5.41, 5.74) is 5.71. The van der Waals surface area contributed by atoms with Gasteiger partial charge in [0, 0.05) is 26.2 Å². The fraction of sp³-hybridized carbons (Fsp3) is 0.900. The predicted octanol–water partition coefficient (Wildman–Crippen LogP) is -0.360. The maximum atomic E-state index is 11.8. The maximum Gasteiger partial charge on any atom is 0.239 e. The molecule has 2 fully saturated rings. The van der Waals surface area contributed by atoms with Gasteiger partial charge < -0.3 is 10.6 Å². The molecule has 0 aromatic heterocycles. The third-order valence-corrected chi connectivity index (χ3v) is 3.49. The van der Waals surface area contributed by atoms with E-state index in [0.29, 0.717) is 12.6 Å². The minimum atomic E-state index is 0.121. The number of carbonyl (C=O) groups is 1. The molecule has 0 unspecified atom stereocenters. The van der Waals surface area contributed by atoms with E-state index in [1.54, 1.807) is 0 Å². The van der Waals surface area contributed by atoms with Crippen molar-refractivity contribution in [3.8, 4) is 0 Å². The van der Waals surface area contributed by atoms with E-state index in [1.807, 2.05) is 11.9 Å². The maximum absolute atomic E-state index is 11.8. The van der Waals surface area contributed by atoms with Crippen LogP contribution in [0.1, 0.15) is 19.3 Å². The smallest absolute Gasteiger partial charge is 0.239 e. The van der Waals surface area contributed by atoms with Crippen molar-refractivity contribution in [2.45, 2.75) is 31.3 Å². The molecule has 4 heteroatoms. The molecular formula is C10H19N3O. The molecule has 14 heavy (non-hydrogen) atoms. The van der Waals surface area contributed by atoms with Crippen LogP contribution in [-0.2, 0) is 4.79 Å². The largest absolute Gasteiger partial charge is 0.344 e. The van der Waals surface area contributed by atoms with Crippen LogP contribution in [0.2, 0.25) is 0 Å². The SMILES string of the molecule is CN1CC[C@H](N2CCC[C@H]2CN)C1=O. The number of nitrogens with two attached hydrogens (primary N) is 1. The zero-order chi connectivity index (χ0) is 10.1. The standard InChI is InChI=1S/C10H19N3O/c1-12-6-4-9(10(12)14)13-5-2-3-8(13)7-11/h8-9H,2-7,11H2,1H3/t8-,9-/m0/s1. The van der Waals surface area contributed by atoms with Gasteiger partial charge in [0.1, 0.15) is 0 Å². The Labute approximate surface area is 85.0 Å². The molecule has 0 bridgehead atoms. The van der Waals surface area contributed by atoms with Crippen molar-refractivity contribution in [3.05, 3.63) is 0 Å². The molecule has 0 radical (unpaired) electrons. The topological polar surface area (TPSA) is 49.6 Å². The molecule has 0 aromatic carbocycles. The van der Waals surface area contributed by atoms with Crippen molar-refractivity contribution in [1.29, 1.82) is 0 Å². The van der Waals surface area contributed by atoms with Gasteiger partial charge in [0.2, 0.25) is 5.91 Å². The van der Waals surface area contributed by atoms with Gasteiger partial charge >= 0.3 is 0 Å². The van der Waals surface area contributed by atoms with Gasteiger partial charge in [-0.15, -0.1) is 0 Å². The highest BCUT2D eigenvalue weighted by Gasteiger charge is 2.38. The number of likely N-dealkylation sites (N-methyl/N-ethyl adjacent to an activating group) is 1. The Morgan fingerprint density at radius 3 is 2.79 bits per heavy atom. The summed E-state index contributed by atoms with van der Waals surface area (Å²) in [6, 6.07) is 0.562. The second-order valence-corrected chi connectivity index (χ2v) is 4.33. The fourth-order valence-corrected chi connectivity index (χ4v) is 2.63. The molecule has 2 rings (SSSR count). The number of likely N-dealkylation sites (tertiary alicyclic amines) is 2. The van der Waals surface area contributed by atoms with Crippen molar-refractivity contribution in [2.75, 3.05) is 26.7 Å². The fourth-order valence-electron chi connectivity index (χ4n) is 2.63. The van der Waals surface area contributed by atoms with Gasteiger partial charge in [0.25, 0.3) is 0 Å². The molecule has 2 N–H and O–H groups in total. The molecule has 0 spiro atoms. The van der Waals surface area contributed by atoms with E-state index in [0.717, 1.165) is 25.9 Å². The summed E-state index contributed by atoms with van der Waals surface area (Å²) in [5, 5.41) is 0. The van der Waals surface area contributed by atoms with Crippen molar-refractivity contribution >= 4 is 5.91 Å². The average molecular weight is 197 g/mol. The van der Waals surface area contributed by atoms with Gasteiger partial charge in [-0.1, -0.05) is 0 Å². The van der Waals surface area contributed by atoms with Crippen LogP contribution in [0.15, 0.2) is 0 Å². The van der Waals surface area contributed by atoms with E-state index >= 15 is 0 Å². The van der Waals surface area contributed by atoms with E-state index in [9.17, 15) is 4.79 Å². The lowest BCUT2D eigenvalue weighted by atomic mass is 10.1. The molecule has 2 saturated heterocycles. The van der Waals surface area contributed by atoms with Crippen molar-refractivity contribution in [3.63, 3.8) is 0 Å². The van der Waals surface area contributed by atoms with Crippen molar-refractivity contribution < 1.29 is 4.79 Å². The first kappa shape index (κ1) is 9.93. The van der Waals surface area contributed by atoms with E-state index < -0.39 is 0 Å². The Morgan fingerprint density at radius 2 is 2.21 bits per heavy atom. The van der Waals surface area contributed by atoms with Crippen molar-refractivity contribution in [2.24, 2.45) is 5.73 Å². The summed E-state index contributed by atoms with van der Waals surface area (Å²) >= 11 is 0. The molecule has 0 saturated carbocycles. The van der Waals surface area contributed by atoms with E-state index in [-0.39, 0.29) is 11.9 Å². The number of amides is 1. The number of rotatable bonds is 2. The molecule has 4 nitrogen and oxygen atoms in total. The molecule has 2 aliphatic rings. The summed E-state index contributed by atoms with van der Waals surface area (Å²) in [6.07, 6.45) is 3.32. The Hall–Kier alpha value is -0.610. The highest BCUT2D eigenvalue weighted by molar-refractivity contribution is 5.83. The van der Waals surface area contributed by atoms with Gasteiger partial charge in [-0.05, 0) is 25.8 Å². The quantitative estimate of drug-likeness (QED) is 0.657. The Balaban J connectivity index is 2.04. The lowest BCUT2D eigenvalue weighted by Gasteiger charge is -2.28. The molecular weight excluding hydrogens is 178 g/mol. The summed E-state index contributed by atoms with van der Waals surface area (Å²) in [5.74, 6) is 0.283. The summed E-state index contributed by atoms with van der Waals surface area (Å²) in [6.45, 7) is 2.64. The van der Waals surface area contributed by atoms with E-state index in [1.165, 1.54) is 6.42 Å². The second kappa shape index (κ2) is 3.87. The average Bonchev–Trinajstić information content (AvgIpc) is 2.75. The van der Waals surface area contributed by atoms with Crippen LogP contribution >= 0.6 is 0 Å². The van der Waals surface area contributed by atoms with Gasteiger partial charge in [0.05, 0.1) is 6.04 Å². The monoisotopic (exact) mass is 197 g/mol. The van der Waals surface area contributed by atoms with Crippen LogP contribution < -0.4 is 5.73 Å². The number of carbonyl (C=O) groups excluding carboxylic acids is 1. The number of hydrogen-bond donors (Lipinski definition) is 1. The van der Waals surface area contributed by atoms with Crippen LogP contribution in [-0.4, -0.2) is 54.5 Å². The minimum absolute atomic E-state index is 0.121. The van der Waals surface area contributed by atoms with E-state index in [4.69, 9.17) is 5.73 Å². The zero-order valence-electron chi connectivity index (χ0n) is 8.78. The third-order valence-electron chi connectivity index (χ3n) is 3.49. The van der Waals surface area contributed by atoms with Crippen molar-refractivity contribution in [1.82, 2.24) is 9.80 Å². The minimum Gasteiger partial charge on any atom is -0.344 e. The van der Waals surface area contributed by atoms with Gasteiger partial charge in [0.15, 0.2) is 0 Å². The number of hydrogen-bond acceptors (Lipinski definition) is 3. The molecule has 0 aliphatic carbocycles. The normalized spacial score (nSPS) is 34.4. The molecule has 0 aromatic rings. The zero-order valence-corrected chi connectivity index (χ0v) is 8.78. The highest BCUT2D eigenvalue weighted by Crippen LogP contribution is 2.24. The van der Waals surface area contributed by atoms with Crippen LogP contribution in [0.4, 0.5) is 0 Å². The predicted molar refractivity (Wildman–Crippen MR) is 54.8 cm³/mol. The van der Waals surface area contributed by atoms with Crippen LogP contribution in [0, 0.1) is 0 Å². The molecule has 2 heterocycles. The van der Waals surface area contributed by atoms with E-state index in [2.05, 4.69) is 4.90 Å². The summed E-state index contributed by atoms with van der Waals surface area (Å²) < 4.78 is 0. The highest BCUT2D eigenvalue weighted by atomic mass is 16.2. The lowest BCUT2D eigenvalue weighted by Crippen LogP contribution is -2.46. The van der Waals surface area contributed by atoms with Gasteiger partial charge in [-0.2, -0.15) is 0 Å². The van der Waals surface area contributed by atoms with Gasteiger partial charge in [-0.25, -0.2) is 0 Å². The first-order chi connectivity index (χ1) is 6.74. The summed E-state index contributed by atoms with van der Waals surface area (Å²) in [4.78, 5) is 15.9. The van der Waals surface area contributed by atoms with Gasteiger partial charge in [-0.3, -0.25) is 9.69 Å². The summed E-state index contributed by atoms with van der Waals surface area (Å²) in [7, 11) is 1.88. The molecule has 2 atom stereocenters. The molecule has 80 valence electrons.